The summed E-state index contributed by atoms with van der Waals surface area (Å²) in [6.45, 7) is 16.8. The molecule has 0 N–H and O–H groups in total. The van der Waals surface area contributed by atoms with Gasteiger partial charge in [0, 0.05) is 32.0 Å². The summed E-state index contributed by atoms with van der Waals surface area (Å²) in [7, 11) is -2.29. The second-order valence-electron chi connectivity index (χ2n) is 12.7. The third kappa shape index (κ3) is 7.25. The normalized spacial score (nSPS) is 16.8. The van der Waals surface area contributed by atoms with Crippen molar-refractivity contribution in [3.63, 3.8) is 0 Å². The van der Waals surface area contributed by atoms with Crippen LogP contribution in [0.25, 0.3) is 5.70 Å². The monoisotopic (exact) mass is 591 g/mol. The number of rotatable bonds is 10. The van der Waals surface area contributed by atoms with E-state index < -0.39 is 32.2 Å². The topological polar surface area (TPSA) is 87.2 Å². The fourth-order valence-electron chi connectivity index (χ4n) is 4.79. The molecular formula is C33H45N3O5Si. The Morgan fingerprint density at radius 2 is 1.50 bits per heavy atom. The van der Waals surface area contributed by atoms with Crippen molar-refractivity contribution in [1.29, 1.82) is 0 Å². The van der Waals surface area contributed by atoms with Crippen molar-refractivity contribution in [1.82, 2.24) is 14.9 Å². The zero-order valence-electron chi connectivity index (χ0n) is 26.4. The molecule has 0 bridgehead atoms. The van der Waals surface area contributed by atoms with Crippen molar-refractivity contribution >= 4 is 37.5 Å². The van der Waals surface area contributed by atoms with Gasteiger partial charge in [0.1, 0.15) is 12.1 Å². The van der Waals surface area contributed by atoms with Crippen LogP contribution in [-0.4, -0.2) is 65.4 Å². The first-order chi connectivity index (χ1) is 19.6. The molecule has 0 radical (unpaired) electrons. The minimum Gasteiger partial charge on any atom is -0.409 e. The van der Waals surface area contributed by atoms with E-state index in [2.05, 4.69) is 33.9 Å². The van der Waals surface area contributed by atoms with Crippen molar-refractivity contribution in [3.8, 4) is 0 Å². The molecule has 0 fully saturated rings. The first-order valence-electron chi connectivity index (χ1n) is 14.5. The highest BCUT2D eigenvalue weighted by molar-refractivity contribution is 6.74. The lowest BCUT2D eigenvalue weighted by atomic mass is 9.97. The molecule has 3 amide bonds. The SMILES string of the molecule is CC(=O)N1C=C(c2ccccc2)N(N(C(C)=O)[C@@H](Cc2ccccc2)C(=O)CO[Si](C)(C)C(C)(C)C)C(=O)[C@H]1C(C)C. The third-order valence-corrected chi connectivity index (χ3v) is 12.7. The molecule has 0 aliphatic carbocycles. The van der Waals surface area contributed by atoms with E-state index in [9.17, 15) is 19.2 Å². The number of benzene rings is 2. The van der Waals surface area contributed by atoms with Crippen molar-refractivity contribution in [3.05, 3.63) is 78.0 Å². The molecule has 0 unspecified atom stereocenters. The number of carbonyl (C=O) groups excluding carboxylic acids is 4. The maximum Gasteiger partial charge on any atom is 0.269 e. The summed E-state index contributed by atoms with van der Waals surface area (Å²) >= 11 is 0. The van der Waals surface area contributed by atoms with E-state index in [0.717, 1.165) is 5.56 Å². The van der Waals surface area contributed by atoms with E-state index in [1.807, 2.05) is 74.5 Å². The van der Waals surface area contributed by atoms with Gasteiger partial charge in [-0.1, -0.05) is 95.3 Å². The molecule has 1 heterocycles. The van der Waals surface area contributed by atoms with Crippen molar-refractivity contribution in [2.75, 3.05) is 6.61 Å². The smallest absolute Gasteiger partial charge is 0.269 e. The number of hydrazine groups is 1. The van der Waals surface area contributed by atoms with Crippen LogP contribution >= 0.6 is 0 Å². The Bertz CT molecular complexity index is 1320. The average Bonchev–Trinajstić information content (AvgIpc) is 2.91. The molecule has 0 aromatic heterocycles. The zero-order valence-corrected chi connectivity index (χ0v) is 27.4. The number of ketones is 1. The predicted molar refractivity (Wildman–Crippen MR) is 167 cm³/mol. The molecule has 42 heavy (non-hydrogen) atoms. The zero-order chi connectivity index (χ0) is 31.4. The van der Waals surface area contributed by atoms with Gasteiger partial charge in [-0.2, -0.15) is 0 Å². The fraction of sp³-hybridized carbons (Fsp3) is 0.455. The van der Waals surface area contributed by atoms with Gasteiger partial charge in [-0.05, 0) is 29.6 Å². The molecule has 1 aliphatic rings. The Kier molecular flexibility index (Phi) is 10.3. The summed E-state index contributed by atoms with van der Waals surface area (Å²) < 4.78 is 6.32. The minimum atomic E-state index is -2.29. The molecule has 226 valence electrons. The van der Waals surface area contributed by atoms with Gasteiger partial charge in [-0.3, -0.25) is 19.2 Å². The predicted octanol–water partition coefficient (Wildman–Crippen LogP) is 5.67. The van der Waals surface area contributed by atoms with Gasteiger partial charge in [0.25, 0.3) is 5.91 Å². The molecule has 2 aromatic carbocycles. The molecule has 0 saturated carbocycles. The quantitative estimate of drug-likeness (QED) is 0.333. The number of nitrogens with zero attached hydrogens (tertiary/aromatic N) is 3. The Morgan fingerprint density at radius 1 is 0.952 bits per heavy atom. The number of hydrogen-bond acceptors (Lipinski definition) is 5. The van der Waals surface area contributed by atoms with E-state index in [1.165, 1.54) is 28.8 Å². The summed E-state index contributed by atoms with van der Waals surface area (Å²) in [5.41, 5.74) is 1.82. The highest BCUT2D eigenvalue weighted by Crippen LogP contribution is 2.37. The van der Waals surface area contributed by atoms with Crippen LogP contribution in [0.2, 0.25) is 18.1 Å². The lowest BCUT2D eigenvalue weighted by Crippen LogP contribution is -2.63. The lowest BCUT2D eigenvalue weighted by molar-refractivity contribution is -0.169. The summed E-state index contributed by atoms with van der Waals surface area (Å²) in [6, 6.07) is 16.7. The third-order valence-electron chi connectivity index (χ3n) is 8.17. The lowest BCUT2D eigenvalue weighted by Gasteiger charge is -2.47. The van der Waals surface area contributed by atoms with Gasteiger partial charge in [0.05, 0.1) is 12.3 Å². The molecular weight excluding hydrogens is 546 g/mol. The Hall–Kier alpha value is -3.56. The van der Waals surface area contributed by atoms with Crippen LogP contribution < -0.4 is 0 Å². The van der Waals surface area contributed by atoms with Gasteiger partial charge in [-0.15, -0.1) is 0 Å². The molecule has 1 aliphatic heterocycles. The van der Waals surface area contributed by atoms with Crippen LogP contribution in [0.15, 0.2) is 66.9 Å². The van der Waals surface area contributed by atoms with Crippen LogP contribution in [0.5, 0.6) is 0 Å². The highest BCUT2D eigenvalue weighted by Gasteiger charge is 2.46. The maximum atomic E-state index is 14.4. The van der Waals surface area contributed by atoms with Gasteiger partial charge < -0.3 is 9.33 Å². The maximum absolute atomic E-state index is 14.4. The summed E-state index contributed by atoms with van der Waals surface area (Å²) in [5.74, 6) is -1.76. The van der Waals surface area contributed by atoms with E-state index >= 15 is 0 Å². The Morgan fingerprint density at radius 3 is 1.98 bits per heavy atom. The van der Waals surface area contributed by atoms with Crippen LogP contribution in [0.4, 0.5) is 0 Å². The molecule has 0 spiro atoms. The standard InChI is InChI=1S/C33H45N3O5Si/c1-23(2)31-32(40)36(29(21-34(31)24(3)37)27-18-14-11-15-19-27)35(25(4)38)28(20-26-16-12-10-13-17-26)30(39)22-41-42(8,9)33(5,6)7/h10-19,21,23,28,31H,20,22H2,1-9H3/t28-,31+/m0/s1. The fourth-order valence-corrected chi connectivity index (χ4v) is 5.72. The molecule has 2 aromatic rings. The molecule has 3 rings (SSSR count). The number of amides is 3. The summed E-state index contributed by atoms with van der Waals surface area (Å²) in [6.07, 6.45) is 1.81. The van der Waals surface area contributed by atoms with Crippen molar-refractivity contribution in [2.45, 2.75) is 85.1 Å². The summed E-state index contributed by atoms with van der Waals surface area (Å²) in [4.78, 5) is 56.3. The van der Waals surface area contributed by atoms with Gasteiger partial charge in [-0.25, -0.2) is 10.0 Å². The van der Waals surface area contributed by atoms with Gasteiger partial charge >= 0.3 is 0 Å². The number of carbonyl (C=O) groups is 4. The van der Waals surface area contributed by atoms with Crippen LogP contribution in [-0.2, 0) is 30.0 Å². The second-order valence-corrected chi connectivity index (χ2v) is 17.5. The Labute approximate surface area is 251 Å². The van der Waals surface area contributed by atoms with E-state index in [-0.39, 0.29) is 35.7 Å². The van der Waals surface area contributed by atoms with Crippen molar-refractivity contribution < 1.29 is 23.6 Å². The number of Topliss-reactive ketones (excluding diaryl/α,β-unsaturated/α-hetero) is 1. The highest BCUT2D eigenvalue weighted by atomic mass is 28.4. The van der Waals surface area contributed by atoms with Gasteiger partial charge in [0.15, 0.2) is 14.1 Å². The van der Waals surface area contributed by atoms with E-state index in [1.54, 1.807) is 6.20 Å². The summed E-state index contributed by atoms with van der Waals surface area (Å²) in [5, 5.41) is 2.48. The first kappa shape index (κ1) is 32.9. The van der Waals surface area contributed by atoms with E-state index in [4.69, 9.17) is 4.43 Å². The molecule has 9 heteroatoms. The Balaban J connectivity index is 2.20. The average molecular weight is 592 g/mol. The number of hydrogen-bond donors (Lipinski definition) is 0. The van der Waals surface area contributed by atoms with Crippen LogP contribution in [0.3, 0.4) is 0 Å². The van der Waals surface area contributed by atoms with Crippen LogP contribution in [0.1, 0.15) is 59.6 Å². The van der Waals surface area contributed by atoms with Crippen molar-refractivity contribution in [2.24, 2.45) is 5.92 Å². The van der Waals surface area contributed by atoms with Gasteiger partial charge in [0.2, 0.25) is 11.8 Å². The molecule has 8 nitrogen and oxygen atoms in total. The second kappa shape index (κ2) is 13.2. The minimum absolute atomic E-state index is 0.116. The molecule has 0 saturated heterocycles. The van der Waals surface area contributed by atoms with E-state index in [0.29, 0.717) is 11.3 Å². The van der Waals surface area contributed by atoms with Crippen LogP contribution in [0, 0.1) is 5.92 Å². The largest absolute Gasteiger partial charge is 0.409 e. The molecule has 2 atom stereocenters. The first-order valence-corrected chi connectivity index (χ1v) is 17.4.